The van der Waals surface area contributed by atoms with Gasteiger partial charge in [0.1, 0.15) is 5.82 Å². The highest BCUT2D eigenvalue weighted by Gasteiger charge is 2.29. The SMILES string of the molecule is CCc1nc(Sc2ccc(S(=O)(=O)N3CCCCC3)cc2[N+](=O)[O-])n[nH]1. The molecule has 1 N–H and O–H groups in total. The Morgan fingerprint density at radius 2 is 2.04 bits per heavy atom. The van der Waals surface area contributed by atoms with Crippen LogP contribution in [-0.2, 0) is 16.4 Å². The molecule has 9 nitrogen and oxygen atoms in total. The Kier molecular flexibility index (Phi) is 5.58. The van der Waals surface area contributed by atoms with Gasteiger partial charge >= 0.3 is 0 Å². The lowest BCUT2D eigenvalue weighted by Gasteiger charge is -2.25. The minimum absolute atomic E-state index is 0.0558. The monoisotopic (exact) mass is 397 g/mol. The highest BCUT2D eigenvalue weighted by molar-refractivity contribution is 7.99. The van der Waals surface area contributed by atoms with Crippen LogP contribution in [0.1, 0.15) is 32.0 Å². The highest BCUT2D eigenvalue weighted by atomic mass is 32.2. The topological polar surface area (TPSA) is 122 Å². The van der Waals surface area contributed by atoms with Crippen LogP contribution in [-0.4, -0.2) is 45.9 Å². The van der Waals surface area contributed by atoms with E-state index >= 15 is 0 Å². The molecule has 0 spiro atoms. The van der Waals surface area contributed by atoms with E-state index in [4.69, 9.17) is 0 Å². The number of aromatic nitrogens is 3. The lowest BCUT2D eigenvalue weighted by atomic mass is 10.2. The van der Waals surface area contributed by atoms with Gasteiger partial charge in [-0.3, -0.25) is 15.2 Å². The average molecular weight is 397 g/mol. The van der Waals surface area contributed by atoms with Crippen molar-refractivity contribution in [2.45, 2.75) is 47.6 Å². The molecule has 2 aromatic rings. The largest absolute Gasteiger partial charge is 0.284 e. The molecule has 1 saturated heterocycles. The molecule has 1 aliphatic rings. The van der Waals surface area contributed by atoms with Crippen molar-refractivity contribution < 1.29 is 13.3 Å². The zero-order chi connectivity index (χ0) is 18.7. The average Bonchev–Trinajstić information content (AvgIpc) is 3.10. The predicted octanol–water partition coefficient (Wildman–Crippen LogP) is 2.60. The number of piperidine rings is 1. The number of nitrogens with zero attached hydrogens (tertiary/aromatic N) is 4. The van der Waals surface area contributed by atoms with Crippen molar-refractivity contribution in [2.75, 3.05) is 13.1 Å². The summed E-state index contributed by atoms with van der Waals surface area (Å²) >= 11 is 1.03. The van der Waals surface area contributed by atoms with Crippen LogP contribution in [0.3, 0.4) is 0 Å². The first-order valence-electron chi connectivity index (χ1n) is 8.29. The number of benzene rings is 1. The summed E-state index contributed by atoms with van der Waals surface area (Å²) in [5.41, 5.74) is -0.268. The van der Waals surface area contributed by atoms with Gasteiger partial charge in [0.15, 0.2) is 0 Å². The molecule has 0 atom stereocenters. The van der Waals surface area contributed by atoms with Gasteiger partial charge in [0, 0.05) is 25.6 Å². The number of H-pyrrole nitrogens is 1. The van der Waals surface area contributed by atoms with Crippen LogP contribution < -0.4 is 0 Å². The van der Waals surface area contributed by atoms with Crippen molar-refractivity contribution in [3.63, 3.8) is 0 Å². The zero-order valence-corrected chi connectivity index (χ0v) is 15.8. The lowest BCUT2D eigenvalue weighted by molar-refractivity contribution is -0.388. The first-order chi connectivity index (χ1) is 12.4. The number of aryl methyl sites for hydroxylation is 1. The smallest absolute Gasteiger partial charge is 0.262 e. The second-order valence-corrected chi connectivity index (χ2v) is 8.82. The maximum atomic E-state index is 12.7. The molecule has 0 saturated carbocycles. The van der Waals surface area contributed by atoms with Crippen molar-refractivity contribution >= 4 is 27.5 Å². The summed E-state index contributed by atoms with van der Waals surface area (Å²) in [6.45, 7) is 2.81. The van der Waals surface area contributed by atoms with Crippen LogP contribution >= 0.6 is 11.8 Å². The molecule has 0 amide bonds. The molecule has 1 aromatic heterocycles. The molecule has 3 rings (SSSR count). The standard InChI is InChI=1S/C15H19N5O4S2/c1-2-14-16-15(18-17-14)25-13-7-6-11(10-12(13)20(21)22)26(23,24)19-8-4-3-5-9-19/h6-7,10H,2-5,8-9H2,1H3,(H,16,17,18). The van der Waals surface area contributed by atoms with Crippen molar-refractivity contribution in [3.05, 3.63) is 34.1 Å². The molecule has 0 aliphatic carbocycles. The number of hydrogen-bond acceptors (Lipinski definition) is 7. The van der Waals surface area contributed by atoms with Gasteiger partial charge in [0.05, 0.1) is 14.7 Å². The van der Waals surface area contributed by atoms with Gasteiger partial charge in [-0.2, -0.15) is 4.31 Å². The van der Waals surface area contributed by atoms with E-state index in [2.05, 4.69) is 15.2 Å². The van der Waals surface area contributed by atoms with E-state index in [9.17, 15) is 18.5 Å². The van der Waals surface area contributed by atoms with E-state index in [-0.39, 0.29) is 10.6 Å². The molecular formula is C15H19N5O4S2. The third-order valence-electron chi connectivity index (χ3n) is 4.13. The van der Waals surface area contributed by atoms with Gasteiger partial charge in [0.25, 0.3) is 5.69 Å². The normalized spacial score (nSPS) is 15.9. The molecule has 0 radical (unpaired) electrons. The number of rotatable bonds is 6. The van der Waals surface area contributed by atoms with Gasteiger partial charge in [-0.1, -0.05) is 13.3 Å². The van der Waals surface area contributed by atoms with Crippen LogP contribution in [0.2, 0.25) is 0 Å². The zero-order valence-electron chi connectivity index (χ0n) is 14.2. The fourth-order valence-electron chi connectivity index (χ4n) is 2.72. The van der Waals surface area contributed by atoms with Gasteiger partial charge in [-0.05, 0) is 36.7 Å². The molecule has 2 heterocycles. The minimum Gasteiger partial charge on any atom is -0.262 e. The van der Waals surface area contributed by atoms with Crippen molar-refractivity contribution in [1.82, 2.24) is 19.5 Å². The van der Waals surface area contributed by atoms with Crippen molar-refractivity contribution in [3.8, 4) is 0 Å². The Balaban J connectivity index is 1.92. The summed E-state index contributed by atoms with van der Waals surface area (Å²) in [6.07, 6.45) is 3.28. The minimum atomic E-state index is -3.73. The highest BCUT2D eigenvalue weighted by Crippen LogP contribution is 2.35. The summed E-state index contributed by atoms with van der Waals surface area (Å²) in [5.74, 6) is 0.680. The number of sulfonamides is 1. The summed E-state index contributed by atoms with van der Waals surface area (Å²) < 4.78 is 26.9. The van der Waals surface area contributed by atoms with E-state index in [1.54, 1.807) is 0 Å². The molecule has 140 valence electrons. The fraction of sp³-hybridized carbons (Fsp3) is 0.467. The molecule has 1 aromatic carbocycles. The van der Waals surface area contributed by atoms with Gasteiger partial charge in [-0.25, -0.2) is 13.4 Å². The van der Waals surface area contributed by atoms with Crippen molar-refractivity contribution in [1.29, 1.82) is 0 Å². The second kappa shape index (κ2) is 7.72. The number of nitro groups is 1. The van der Waals surface area contributed by atoms with E-state index in [0.717, 1.165) is 37.1 Å². The summed E-state index contributed by atoms with van der Waals surface area (Å²) in [4.78, 5) is 15.3. The molecule has 0 bridgehead atoms. The summed E-state index contributed by atoms with van der Waals surface area (Å²) in [6, 6.07) is 3.98. The van der Waals surface area contributed by atoms with Crippen LogP contribution in [0.5, 0.6) is 0 Å². The molecular weight excluding hydrogens is 378 g/mol. The van der Waals surface area contributed by atoms with E-state index in [0.29, 0.717) is 35.4 Å². The molecule has 26 heavy (non-hydrogen) atoms. The molecule has 1 aliphatic heterocycles. The number of nitrogens with one attached hydrogen (secondary N) is 1. The number of aromatic amines is 1. The Labute approximate surface area is 155 Å². The first-order valence-corrected chi connectivity index (χ1v) is 10.5. The van der Waals surface area contributed by atoms with Crippen LogP contribution in [0.15, 0.2) is 33.1 Å². The van der Waals surface area contributed by atoms with Crippen molar-refractivity contribution in [2.24, 2.45) is 0 Å². The maximum absolute atomic E-state index is 12.7. The molecule has 0 unspecified atom stereocenters. The Bertz CT molecular complexity index is 907. The van der Waals surface area contributed by atoms with Gasteiger partial charge in [-0.15, -0.1) is 5.10 Å². The van der Waals surface area contributed by atoms with E-state index < -0.39 is 14.9 Å². The summed E-state index contributed by atoms with van der Waals surface area (Å²) in [5, 5.41) is 18.6. The lowest BCUT2D eigenvalue weighted by Crippen LogP contribution is -2.35. The van der Waals surface area contributed by atoms with E-state index in [1.165, 1.54) is 16.4 Å². The van der Waals surface area contributed by atoms with Gasteiger partial charge < -0.3 is 0 Å². The first kappa shape index (κ1) is 18.8. The fourth-order valence-corrected chi connectivity index (χ4v) is 5.08. The van der Waals surface area contributed by atoms with Crippen LogP contribution in [0.25, 0.3) is 0 Å². The van der Waals surface area contributed by atoms with Crippen LogP contribution in [0.4, 0.5) is 5.69 Å². The third-order valence-corrected chi connectivity index (χ3v) is 6.95. The molecule has 1 fully saturated rings. The number of hydrogen-bond donors (Lipinski definition) is 1. The Morgan fingerprint density at radius 1 is 1.31 bits per heavy atom. The number of nitro benzene ring substituents is 1. The van der Waals surface area contributed by atoms with E-state index in [1.807, 2.05) is 6.92 Å². The van der Waals surface area contributed by atoms with Crippen LogP contribution in [0, 0.1) is 10.1 Å². The second-order valence-electron chi connectivity index (χ2n) is 5.87. The molecule has 11 heteroatoms. The maximum Gasteiger partial charge on any atom is 0.284 e. The van der Waals surface area contributed by atoms with Gasteiger partial charge in [0.2, 0.25) is 15.2 Å². The predicted molar refractivity (Wildman–Crippen MR) is 95.6 cm³/mol. The third kappa shape index (κ3) is 3.89. The Hall–Kier alpha value is -1.98. The summed E-state index contributed by atoms with van der Waals surface area (Å²) in [7, 11) is -3.73. The quantitative estimate of drug-likeness (QED) is 0.587. The Morgan fingerprint density at radius 3 is 2.65 bits per heavy atom.